The van der Waals surface area contributed by atoms with E-state index in [0.717, 1.165) is 64.3 Å². The summed E-state index contributed by atoms with van der Waals surface area (Å²) < 4.78 is 11.8. The highest BCUT2D eigenvalue weighted by Crippen LogP contribution is 2.37. The number of nitrogens with zero attached hydrogens (tertiary/aromatic N) is 4. The molecule has 0 atom stereocenters. The number of ether oxygens (including phenoxy) is 2. The first-order chi connectivity index (χ1) is 15.6. The molecule has 0 radical (unpaired) electrons. The lowest BCUT2D eigenvalue weighted by molar-refractivity contribution is 0.122. The number of aromatic nitrogens is 3. The number of nitrogens with two attached hydrogens (primary N) is 1. The minimum atomic E-state index is 0.394. The van der Waals surface area contributed by atoms with E-state index in [1.54, 1.807) is 7.11 Å². The van der Waals surface area contributed by atoms with Gasteiger partial charge in [-0.25, -0.2) is 15.0 Å². The van der Waals surface area contributed by atoms with Crippen LogP contribution in [0, 0.1) is 0 Å². The highest BCUT2D eigenvalue weighted by Gasteiger charge is 2.16. The summed E-state index contributed by atoms with van der Waals surface area (Å²) in [6.45, 7) is 3.32. The first-order valence-corrected chi connectivity index (χ1v) is 11.1. The first-order valence-electron chi connectivity index (χ1n) is 10.3. The summed E-state index contributed by atoms with van der Waals surface area (Å²) in [5, 5.41) is 0.723. The van der Waals surface area contributed by atoms with Gasteiger partial charge in [0.15, 0.2) is 5.65 Å². The van der Waals surface area contributed by atoms with E-state index >= 15 is 0 Å². The van der Waals surface area contributed by atoms with Crippen LogP contribution in [0.3, 0.4) is 0 Å². The Morgan fingerprint density at radius 1 is 1.00 bits per heavy atom. The zero-order valence-electron chi connectivity index (χ0n) is 17.6. The Hall–Kier alpha value is -3.23. The van der Waals surface area contributed by atoms with Gasteiger partial charge in [0.1, 0.15) is 17.9 Å². The molecular weight excluding hydrogens is 470 g/mol. The molecule has 8 heteroatoms. The van der Waals surface area contributed by atoms with E-state index in [4.69, 9.17) is 20.2 Å². The van der Waals surface area contributed by atoms with Gasteiger partial charge in [0.25, 0.3) is 0 Å². The number of hydrogen-bond donors (Lipinski definition) is 1. The Labute approximate surface area is 194 Å². The SMILES string of the molecule is COc1cc(Br)cc(-c2cc(-c3ccc(N4CCOCC4)cc3)nc3ncnc(N)c23)c1. The van der Waals surface area contributed by atoms with E-state index in [9.17, 15) is 0 Å². The lowest BCUT2D eigenvalue weighted by Crippen LogP contribution is -2.36. The average Bonchev–Trinajstić information content (AvgIpc) is 2.84. The van der Waals surface area contributed by atoms with Crippen LogP contribution in [0.15, 0.2) is 59.3 Å². The van der Waals surface area contributed by atoms with Gasteiger partial charge < -0.3 is 20.1 Å². The zero-order valence-corrected chi connectivity index (χ0v) is 19.2. The van der Waals surface area contributed by atoms with Crippen molar-refractivity contribution in [2.75, 3.05) is 44.0 Å². The van der Waals surface area contributed by atoms with Crippen molar-refractivity contribution in [1.29, 1.82) is 0 Å². The maximum atomic E-state index is 6.24. The zero-order chi connectivity index (χ0) is 22.1. The number of nitrogen functional groups attached to an aromatic ring is 1. The third-order valence-corrected chi connectivity index (χ3v) is 6.05. The second-order valence-electron chi connectivity index (χ2n) is 7.54. The summed E-state index contributed by atoms with van der Waals surface area (Å²) in [6.07, 6.45) is 1.45. The van der Waals surface area contributed by atoms with Gasteiger partial charge in [-0.15, -0.1) is 0 Å². The Bertz CT molecular complexity index is 1270. The number of anilines is 2. The van der Waals surface area contributed by atoms with Crippen LogP contribution in [-0.2, 0) is 4.74 Å². The molecule has 5 rings (SSSR count). The van der Waals surface area contributed by atoms with Crippen molar-refractivity contribution in [3.63, 3.8) is 0 Å². The predicted octanol–water partition coefficient (Wildman–Crippen LogP) is 4.55. The van der Waals surface area contributed by atoms with Gasteiger partial charge in [-0.2, -0.15) is 0 Å². The molecule has 0 unspecified atom stereocenters. The highest BCUT2D eigenvalue weighted by molar-refractivity contribution is 9.10. The third kappa shape index (κ3) is 3.99. The number of methoxy groups -OCH3 is 1. The van der Waals surface area contributed by atoms with Gasteiger partial charge in [-0.3, -0.25) is 0 Å². The van der Waals surface area contributed by atoms with Gasteiger partial charge in [0.2, 0.25) is 0 Å². The van der Waals surface area contributed by atoms with Crippen LogP contribution < -0.4 is 15.4 Å². The molecule has 1 fully saturated rings. The summed E-state index contributed by atoms with van der Waals surface area (Å²) in [5.41, 5.74) is 11.6. The number of pyridine rings is 1. The molecular formula is C24H22BrN5O2. The standard InChI is InChI=1S/C24H22BrN5O2/c1-31-19-11-16(10-17(25)12-19)20-13-21(29-24-22(20)23(26)27-14-28-24)15-2-4-18(5-3-15)30-6-8-32-9-7-30/h2-5,10-14H,6-9H2,1H3,(H2,26,27,28,29). The van der Waals surface area contributed by atoms with Crippen molar-refractivity contribution in [3.05, 3.63) is 59.3 Å². The monoisotopic (exact) mass is 491 g/mol. The van der Waals surface area contributed by atoms with Crippen molar-refractivity contribution < 1.29 is 9.47 Å². The third-order valence-electron chi connectivity index (χ3n) is 5.59. The van der Waals surface area contributed by atoms with E-state index in [1.807, 2.05) is 24.3 Å². The maximum Gasteiger partial charge on any atom is 0.165 e. The highest BCUT2D eigenvalue weighted by atomic mass is 79.9. The molecule has 32 heavy (non-hydrogen) atoms. The van der Waals surface area contributed by atoms with Crippen LogP contribution >= 0.6 is 15.9 Å². The molecule has 2 N–H and O–H groups in total. The van der Waals surface area contributed by atoms with Crippen LogP contribution in [0.1, 0.15) is 0 Å². The van der Waals surface area contributed by atoms with Gasteiger partial charge in [0, 0.05) is 28.8 Å². The topological polar surface area (TPSA) is 86.4 Å². The Balaban J connectivity index is 1.63. The fourth-order valence-electron chi connectivity index (χ4n) is 3.96. The maximum absolute atomic E-state index is 6.24. The predicted molar refractivity (Wildman–Crippen MR) is 130 cm³/mol. The van der Waals surface area contributed by atoms with Crippen molar-refractivity contribution >= 4 is 38.5 Å². The second kappa shape index (κ2) is 8.72. The fourth-order valence-corrected chi connectivity index (χ4v) is 4.44. The molecule has 3 heterocycles. The molecule has 4 aromatic rings. The summed E-state index contributed by atoms with van der Waals surface area (Å²) in [4.78, 5) is 15.7. The van der Waals surface area contributed by atoms with Gasteiger partial charge in [0.05, 0.1) is 31.4 Å². The largest absolute Gasteiger partial charge is 0.497 e. The summed E-state index contributed by atoms with van der Waals surface area (Å²) in [5.74, 6) is 1.14. The second-order valence-corrected chi connectivity index (χ2v) is 8.45. The van der Waals surface area contributed by atoms with Gasteiger partial charge in [-0.05, 0) is 47.5 Å². The molecule has 1 aliphatic heterocycles. The molecule has 0 spiro atoms. The number of benzene rings is 2. The van der Waals surface area contributed by atoms with E-state index in [1.165, 1.54) is 12.0 Å². The first kappa shape index (κ1) is 20.7. The Morgan fingerprint density at radius 3 is 2.53 bits per heavy atom. The summed E-state index contributed by atoms with van der Waals surface area (Å²) in [6, 6.07) is 16.4. The van der Waals surface area contributed by atoms with Gasteiger partial charge >= 0.3 is 0 Å². The van der Waals surface area contributed by atoms with Crippen molar-refractivity contribution in [3.8, 4) is 28.1 Å². The Morgan fingerprint density at radius 2 is 1.78 bits per heavy atom. The Kier molecular flexibility index (Phi) is 5.63. The molecule has 1 aliphatic rings. The van der Waals surface area contributed by atoms with Crippen LogP contribution in [0.4, 0.5) is 11.5 Å². The molecule has 2 aromatic heterocycles. The van der Waals surface area contributed by atoms with Crippen molar-refractivity contribution in [1.82, 2.24) is 15.0 Å². The van der Waals surface area contributed by atoms with E-state index < -0.39 is 0 Å². The minimum absolute atomic E-state index is 0.394. The summed E-state index contributed by atoms with van der Waals surface area (Å²) >= 11 is 3.57. The fraction of sp³-hybridized carbons (Fsp3) is 0.208. The molecule has 0 aliphatic carbocycles. The van der Waals surface area contributed by atoms with Crippen LogP contribution in [0.2, 0.25) is 0 Å². The number of morpholine rings is 1. The van der Waals surface area contributed by atoms with Crippen molar-refractivity contribution in [2.45, 2.75) is 0 Å². The van der Waals surface area contributed by atoms with Crippen LogP contribution in [0.5, 0.6) is 5.75 Å². The van der Waals surface area contributed by atoms with Crippen LogP contribution in [-0.4, -0.2) is 48.4 Å². The molecule has 0 amide bonds. The van der Waals surface area contributed by atoms with E-state index in [-0.39, 0.29) is 0 Å². The van der Waals surface area contributed by atoms with E-state index in [2.05, 4.69) is 55.1 Å². The lowest BCUT2D eigenvalue weighted by atomic mass is 9.99. The number of halogens is 1. The molecule has 7 nitrogen and oxygen atoms in total. The molecule has 1 saturated heterocycles. The summed E-state index contributed by atoms with van der Waals surface area (Å²) in [7, 11) is 1.65. The number of rotatable bonds is 4. The van der Waals surface area contributed by atoms with Gasteiger partial charge in [-0.1, -0.05) is 28.1 Å². The van der Waals surface area contributed by atoms with Crippen molar-refractivity contribution in [2.24, 2.45) is 0 Å². The molecule has 0 bridgehead atoms. The minimum Gasteiger partial charge on any atom is -0.497 e. The number of fused-ring (bicyclic) bond motifs is 1. The smallest absolute Gasteiger partial charge is 0.165 e. The molecule has 162 valence electrons. The molecule has 0 saturated carbocycles. The quantitative estimate of drug-likeness (QED) is 0.448. The van der Waals surface area contributed by atoms with E-state index in [0.29, 0.717) is 11.5 Å². The lowest BCUT2D eigenvalue weighted by Gasteiger charge is -2.28. The average molecular weight is 492 g/mol. The normalized spacial score (nSPS) is 14.0. The van der Waals surface area contributed by atoms with Crippen LogP contribution in [0.25, 0.3) is 33.4 Å². The number of hydrogen-bond acceptors (Lipinski definition) is 7. The molecule has 2 aromatic carbocycles.